The fraction of sp³-hybridized carbons (Fsp3) is 0.143. The van der Waals surface area contributed by atoms with Gasteiger partial charge in [0.2, 0.25) is 0 Å². The van der Waals surface area contributed by atoms with Crippen LogP contribution in [0, 0.1) is 11.3 Å². The number of aromatic nitrogens is 1. The minimum Gasteiger partial charge on any atom is -0.377 e. The van der Waals surface area contributed by atoms with Crippen molar-refractivity contribution in [3.63, 3.8) is 0 Å². The number of nitriles is 1. The largest absolute Gasteiger partial charge is 0.377 e. The number of benzene rings is 1. The third kappa shape index (κ3) is 2.88. The lowest BCUT2D eigenvalue weighted by Gasteiger charge is -2.16. The summed E-state index contributed by atoms with van der Waals surface area (Å²) in [5.41, 5.74) is 2.60. The second-order valence-corrected chi connectivity index (χ2v) is 4.86. The number of nitrogens with one attached hydrogen (secondary N) is 1. The van der Waals surface area contributed by atoms with Gasteiger partial charge in [0.05, 0.1) is 11.3 Å². The monoisotopic (exact) mass is 301 g/mol. The van der Waals surface area contributed by atoms with Crippen LogP contribution >= 0.6 is 15.9 Å². The predicted molar refractivity (Wildman–Crippen MR) is 75.1 cm³/mol. The number of rotatable bonds is 3. The van der Waals surface area contributed by atoms with Gasteiger partial charge in [-0.15, -0.1) is 0 Å². The summed E-state index contributed by atoms with van der Waals surface area (Å²) >= 11 is 3.41. The molecule has 0 spiro atoms. The number of nitrogens with zero attached hydrogens (tertiary/aromatic N) is 2. The van der Waals surface area contributed by atoms with Gasteiger partial charge in [-0.05, 0) is 42.8 Å². The second-order valence-electron chi connectivity index (χ2n) is 3.95. The van der Waals surface area contributed by atoms with Crippen LogP contribution in [0.3, 0.4) is 0 Å². The Kier molecular flexibility index (Phi) is 3.96. The Morgan fingerprint density at radius 2 is 2.00 bits per heavy atom. The molecule has 0 fully saturated rings. The van der Waals surface area contributed by atoms with Gasteiger partial charge < -0.3 is 5.32 Å². The van der Waals surface area contributed by atoms with Crippen LogP contribution in [0.5, 0.6) is 0 Å². The molecule has 2 rings (SSSR count). The van der Waals surface area contributed by atoms with Crippen LogP contribution in [0.15, 0.2) is 47.2 Å². The summed E-state index contributed by atoms with van der Waals surface area (Å²) in [5.74, 6) is 0. The lowest BCUT2D eigenvalue weighted by Crippen LogP contribution is -2.07. The number of halogens is 1. The van der Waals surface area contributed by atoms with Crippen LogP contribution in [0.25, 0.3) is 0 Å². The SMILES string of the molecule is CC(Nc1cc(Br)ccc1C#N)c1ccncc1. The van der Waals surface area contributed by atoms with Crippen molar-refractivity contribution in [1.82, 2.24) is 4.98 Å². The summed E-state index contributed by atoms with van der Waals surface area (Å²) in [6, 6.07) is 11.8. The Morgan fingerprint density at radius 3 is 2.67 bits per heavy atom. The molecule has 2 aromatic rings. The molecule has 3 nitrogen and oxygen atoms in total. The Bertz CT molecular complexity index is 575. The first kappa shape index (κ1) is 12.6. The van der Waals surface area contributed by atoms with Crippen molar-refractivity contribution in [1.29, 1.82) is 5.26 Å². The standard InChI is InChI=1S/C14H12BrN3/c1-10(11-4-6-17-7-5-11)18-14-8-13(15)3-2-12(14)9-16/h2-8,10,18H,1H3. The van der Waals surface area contributed by atoms with Gasteiger partial charge in [-0.25, -0.2) is 0 Å². The summed E-state index contributed by atoms with van der Waals surface area (Å²) in [5, 5.41) is 12.4. The van der Waals surface area contributed by atoms with Crippen molar-refractivity contribution in [3.05, 3.63) is 58.3 Å². The summed E-state index contributed by atoms with van der Waals surface area (Å²) < 4.78 is 0.950. The van der Waals surface area contributed by atoms with Crippen LogP contribution in [-0.4, -0.2) is 4.98 Å². The van der Waals surface area contributed by atoms with E-state index in [1.807, 2.05) is 24.3 Å². The smallest absolute Gasteiger partial charge is 0.101 e. The predicted octanol–water partition coefficient (Wildman–Crippen LogP) is 3.89. The molecule has 1 unspecified atom stereocenters. The van der Waals surface area contributed by atoms with Gasteiger partial charge in [0.1, 0.15) is 6.07 Å². The number of anilines is 1. The average Bonchev–Trinajstić information content (AvgIpc) is 2.40. The van der Waals surface area contributed by atoms with Crippen LogP contribution in [0.4, 0.5) is 5.69 Å². The lowest BCUT2D eigenvalue weighted by atomic mass is 10.1. The Morgan fingerprint density at radius 1 is 1.28 bits per heavy atom. The molecule has 90 valence electrons. The third-order valence-corrected chi connectivity index (χ3v) is 3.17. The van der Waals surface area contributed by atoms with Crippen LogP contribution < -0.4 is 5.32 Å². The van der Waals surface area contributed by atoms with Crippen molar-refractivity contribution in [2.45, 2.75) is 13.0 Å². The quantitative estimate of drug-likeness (QED) is 0.935. The fourth-order valence-corrected chi connectivity index (χ4v) is 2.06. The molecule has 0 saturated carbocycles. The lowest BCUT2D eigenvalue weighted by molar-refractivity contribution is 0.880. The maximum absolute atomic E-state index is 9.08. The Hall–Kier alpha value is -1.86. The first-order valence-corrected chi connectivity index (χ1v) is 6.36. The summed E-state index contributed by atoms with van der Waals surface area (Å²) in [7, 11) is 0. The van der Waals surface area contributed by atoms with Crippen molar-refractivity contribution in [2.75, 3.05) is 5.32 Å². The number of pyridine rings is 1. The molecule has 0 radical (unpaired) electrons. The molecule has 0 aliphatic heterocycles. The van der Waals surface area contributed by atoms with Crippen molar-refractivity contribution >= 4 is 21.6 Å². The Balaban J connectivity index is 2.24. The van der Waals surface area contributed by atoms with Gasteiger partial charge in [0, 0.05) is 22.9 Å². The van der Waals surface area contributed by atoms with E-state index in [1.165, 1.54) is 0 Å². The van der Waals surface area contributed by atoms with Gasteiger partial charge in [-0.2, -0.15) is 5.26 Å². The van der Waals surface area contributed by atoms with E-state index < -0.39 is 0 Å². The molecule has 1 aromatic heterocycles. The number of hydrogen-bond acceptors (Lipinski definition) is 3. The van der Waals surface area contributed by atoms with Crippen LogP contribution in [-0.2, 0) is 0 Å². The van der Waals surface area contributed by atoms with E-state index in [0.717, 1.165) is 15.7 Å². The minimum atomic E-state index is 0.120. The molecular weight excluding hydrogens is 290 g/mol. The van der Waals surface area contributed by atoms with Gasteiger partial charge >= 0.3 is 0 Å². The van der Waals surface area contributed by atoms with E-state index in [2.05, 4.69) is 39.2 Å². The van der Waals surface area contributed by atoms with E-state index in [1.54, 1.807) is 18.5 Å². The van der Waals surface area contributed by atoms with Crippen LogP contribution in [0.2, 0.25) is 0 Å². The average molecular weight is 302 g/mol. The highest BCUT2D eigenvalue weighted by atomic mass is 79.9. The molecule has 0 aliphatic rings. The highest BCUT2D eigenvalue weighted by Gasteiger charge is 2.08. The fourth-order valence-electron chi connectivity index (χ4n) is 1.70. The normalized spacial score (nSPS) is 11.6. The summed E-state index contributed by atoms with van der Waals surface area (Å²) in [6.45, 7) is 2.05. The highest BCUT2D eigenvalue weighted by Crippen LogP contribution is 2.25. The molecule has 4 heteroatoms. The van der Waals surface area contributed by atoms with Gasteiger partial charge in [0.15, 0.2) is 0 Å². The topological polar surface area (TPSA) is 48.7 Å². The highest BCUT2D eigenvalue weighted by molar-refractivity contribution is 9.10. The maximum Gasteiger partial charge on any atom is 0.101 e. The van der Waals surface area contributed by atoms with E-state index in [4.69, 9.17) is 5.26 Å². The molecule has 1 aromatic carbocycles. The maximum atomic E-state index is 9.08. The summed E-state index contributed by atoms with van der Waals surface area (Å²) in [6.07, 6.45) is 3.53. The molecule has 1 N–H and O–H groups in total. The van der Waals surface area contributed by atoms with Gasteiger partial charge in [0.25, 0.3) is 0 Å². The van der Waals surface area contributed by atoms with Crippen molar-refractivity contribution in [3.8, 4) is 6.07 Å². The van der Waals surface area contributed by atoms with E-state index in [-0.39, 0.29) is 6.04 Å². The van der Waals surface area contributed by atoms with Gasteiger partial charge in [-0.3, -0.25) is 4.98 Å². The van der Waals surface area contributed by atoms with E-state index >= 15 is 0 Å². The van der Waals surface area contributed by atoms with Gasteiger partial charge in [-0.1, -0.05) is 15.9 Å². The molecule has 1 atom stereocenters. The molecule has 0 bridgehead atoms. The second kappa shape index (κ2) is 5.65. The van der Waals surface area contributed by atoms with E-state index in [0.29, 0.717) is 5.56 Å². The molecule has 0 amide bonds. The molecular formula is C14H12BrN3. The molecule has 0 aliphatic carbocycles. The molecule has 1 heterocycles. The minimum absolute atomic E-state index is 0.120. The third-order valence-electron chi connectivity index (χ3n) is 2.68. The zero-order valence-corrected chi connectivity index (χ0v) is 11.5. The van der Waals surface area contributed by atoms with Crippen molar-refractivity contribution < 1.29 is 0 Å². The first-order valence-electron chi connectivity index (χ1n) is 5.57. The first-order chi connectivity index (χ1) is 8.70. The zero-order chi connectivity index (χ0) is 13.0. The zero-order valence-electron chi connectivity index (χ0n) is 9.89. The molecule has 18 heavy (non-hydrogen) atoms. The summed E-state index contributed by atoms with van der Waals surface area (Å²) in [4.78, 5) is 4.00. The Labute approximate surface area is 115 Å². The number of hydrogen-bond donors (Lipinski definition) is 1. The van der Waals surface area contributed by atoms with E-state index in [9.17, 15) is 0 Å². The van der Waals surface area contributed by atoms with Crippen LogP contribution in [0.1, 0.15) is 24.1 Å². The molecule has 0 saturated heterocycles. The van der Waals surface area contributed by atoms with Crippen molar-refractivity contribution in [2.24, 2.45) is 0 Å².